The number of nitrogens with one attached hydrogen (secondary N) is 2. The number of aryl methyl sites for hydroxylation is 1. The normalized spacial score (nSPS) is 11.5. The third-order valence-corrected chi connectivity index (χ3v) is 5.95. The molecule has 0 bridgehead atoms. The van der Waals surface area contributed by atoms with Crippen LogP contribution in [0.1, 0.15) is 16.7 Å². The van der Waals surface area contributed by atoms with E-state index in [0.29, 0.717) is 0 Å². The zero-order valence-corrected chi connectivity index (χ0v) is 18.2. The zero-order chi connectivity index (χ0) is 22.7. The van der Waals surface area contributed by atoms with Crippen LogP contribution in [0, 0.1) is 6.92 Å². The van der Waals surface area contributed by atoms with Gasteiger partial charge < -0.3 is 31.5 Å². The second-order valence-corrected chi connectivity index (χ2v) is 9.07. The Kier molecular flexibility index (Phi) is 8.33. The standard InChI is InChI=1S/C16H19N3O9S2.H3N/c1-9-4-13(29(23,24)25)6-11(15(9)21)8-19-16(22)18-7-10-5-12(2-3-14(10)20)30(26,27)28-17;/h2-6H,7-8H2,1,17H3,(H4-,18,19,20,21,22,23,24,25);1H3. The molecule has 0 aromatic heterocycles. The number of hydrogen-bond acceptors (Lipinski definition) is 9. The van der Waals surface area contributed by atoms with Crippen molar-refractivity contribution < 1.29 is 46.6 Å². The minimum Gasteiger partial charge on any atom is -0.872 e. The largest absolute Gasteiger partial charge is 0.872 e. The fourth-order valence-electron chi connectivity index (χ4n) is 2.43. The monoisotopic (exact) mass is 478 g/mol. The number of amides is 2. The Bertz CT molecular complexity index is 1180. The molecule has 0 aliphatic rings. The third kappa shape index (κ3) is 6.51. The minimum absolute atomic E-state index is 0. The molecule has 15 heteroatoms. The lowest BCUT2D eigenvalue weighted by Gasteiger charge is -2.16. The molecule has 0 radical (unpaired) electrons. The molecule has 172 valence electrons. The van der Waals surface area contributed by atoms with Crippen molar-refractivity contribution in [1.82, 2.24) is 16.8 Å². The highest BCUT2D eigenvalue weighted by atomic mass is 32.2. The maximum atomic E-state index is 12.0. The molecule has 2 amide bonds. The summed E-state index contributed by atoms with van der Waals surface area (Å²) in [6.07, 6.45) is 0. The van der Waals surface area contributed by atoms with E-state index in [1.807, 2.05) is 0 Å². The molecule has 2 rings (SSSR count). The average molecular weight is 479 g/mol. The molecule has 0 aliphatic heterocycles. The van der Waals surface area contributed by atoms with Crippen molar-refractivity contribution in [3.8, 4) is 11.5 Å². The van der Waals surface area contributed by atoms with Gasteiger partial charge >= 0.3 is 16.1 Å². The van der Waals surface area contributed by atoms with E-state index in [2.05, 4.69) is 20.8 Å². The quantitative estimate of drug-likeness (QED) is 0.239. The number of phenols is 1. The van der Waals surface area contributed by atoms with Gasteiger partial charge in [-0.2, -0.15) is 14.3 Å². The maximum absolute atomic E-state index is 12.0. The van der Waals surface area contributed by atoms with Crippen LogP contribution in [0.15, 0.2) is 40.1 Å². The Morgan fingerprint density at radius 2 is 1.61 bits per heavy atom. The number of phenolic OH excluding ortho intramolecular Hbond substituents is 1. The Labute approximate surface area is 178 Å². The topological polar surface area (TPSA) is 249 Å². The Hall–Kier alpha value is -2.95. The van der Waals surface area contributed by atoms with Crippen LogP contribution in [0.5, 0.6) is 11.5 Å². The first-order chi connectivity index (χ1) is 13.8. The summed E-state index contributed by atoms with van der Waals surface area (Å²) < 4.78 is 60.9. The van der Waals surface area contributed by atoms with Crippen molar-refractivity contribution in [2.45, 2.75) is 29.8 Å². The second-order valence-electron chi connectivity index (χ2n) is 6.08. The molecule has 0 heterocycles. The SMILES string of the molecule is Cc1cc(S(=O)(=O)[O-])cc(CNC(=O)NCc2cc(S(=O)(=O)O[NH3+])ccc2[O-])c1O.[NH4+]. The first-order valence-corrected chi connectivity index (χ1v) is 11.0. The molecule has 0 atom stereocenters. The van der Waals surface area contributed by atoms with E-state index in [4.69, 9.17) is 0 Å². The number of aromatic hydroxyl groups is 1. The molecule has 2 aromatic rings. The lowest BCUT2D eigenvalue weighted by atomic mass is 10.1. The lowest BCUT2D eigenvalue weighted by molar-refractivity contribution is -0.635. The minimum atomic E-state index is -4.76. The molecule has 31 heavy (non-hydrogen) atoms. The lowest BCUT2D eigenvalue weighted by Crippen LogP contribution is -2.51. The van der Waals surface area contributed by atoms with Crippen LogP contribution in [0.3, 0.4) is 0 Å². The molecule has 13 nitrogen and oxygen atoms in total. The molecule has 0 saturated heterocycles. The number of hydrogen-bond donors (Lipinski definition) is 5. The van der Waals surface area contributed by atoms with Crippen LogP contribution < -0.4 is 27.8 Å². The van der Waals surface area contributed by atoms with Gasteiger partial charge in [0.15, 0.2) is 0 Å². The van der Waals surface area contributed by atoms with Gasteiger partial charge in [-0.15, -0.1) is 5.75 Å². The maximum Gasteiger partial charge on any atom is 0.342 e. The number of benzene rings is 2. The van der Waals surface area contributed by atoms with Gasteiger partial charge in [-0.3, -0.25) is 0 Å². The summed E-state index contributed by atoms with van der Waals surface area (Å²) in [5.74, 6) is 2.00. The van der Waals surface area contributed by atoms with Gasteiger partial charge in [0, 0.05) is 18.7 Å². The Balaban J connectivity index is 0.00000480. The highest BCUT2D eigenvalue weighted by Crippen LogP contribution is 2.26. The van der Waals surface area contributed by atoms with Crippen LogP contribution >= 0.6 is 0 Å². The van der Waals surface area contributed by atoms with Gasteiger partial charge in [0.2, 0.25) is 0 Å². The molecule has 0 saturated carbocycles. The van der Waals surface area contributed by atoms with E-state index in [1.165, 1.54) is 6.92 Å². The fourth-order valence-corrected chi connectivity index (χ4v) is 3.69. The van der Waals surface area contributed by atoms with Gasteiger partial charge in [-0.1, -0.05) is 10.4 Å². The highest BCUT2D eigenvalue weighted by Gasteiger charge is 2.17. The molecule has 2 aromatic carbocycles. The predicted molar refractivity (Wildman–Crippen MR) is 103 cm³/mol. The number of carbonyl (C=O) groups excluding carboxylic acids is 1. The summed E-state index contributed by atoms with van der Waals surface area (Å²) in [5, 5.41) is 26.5. The van der Waals surface area contributed by atoms with Crippen molar-refractivity contribution in [3.05, 3.63) is 47.0 Å². The summed E-state index contributed by atoms with van der Waals surface area (Å²) in [6.45, 7) is 0.737. The molecule has 0 fully saturated rings. The molecule has 0 aliphatic carbocycles. The molecular weight excluding hydrogens is 456 g/mol. The van der Waals surface area contributed by atoms with E-state index in [0.717, 1.165) is 30.3 Å². The van der Waals surface area contributed by atoms with Crippen molar-refractivity contribution in [3.63, 3.8) is 0 Å². The van der Waals surface area contributed by atoms with Crippen LogP contribution in [0.2, 0.25) is 0 Å². The van der Waals surface area contributed by atoms with Crippen molar-refractivity contribution in [2.75, 3.05) is 0 Å². The summed E-state index contributed by atoms with van der Waals surface area (Å²) in [5.41, 5.74) is 0.0805. The number of rotatable bonds is 7. The van der Waals surface area contributed by atoms with E-state index < -0.39 is 36.9 Å². The Morgan fingerprint density at radius 3 is 2.16 bits per heavy atom. The van der Waals surface area contributed by atoms with Crippen molar-refractivity contribution >= 4 is 26.3 Å². The molecule has 0 unspecified atom stereocenters. The van der Waals surface area contributed by atoms with E-state index in [9.17, 15) is 36.4 Å². The van der Waals surface area contributed by atoms with Crippen LogP contribution in [0.25, 0.3) is 0 Å². The molecular formula is C16H22N4O9S2. The second kappa shape index (κ2) is 9.90. The predicted octanol–water partition coefficient (Wildman–Crippen LogP) is -1.08. The summed E-state index contributed by atoms with van der Waals surface area (Å²) >= 11 is 0. The molecule has 10 N–H and O–H groups in total. The van der Waals surface area contributed by atoms with Gasteiger partial charge in [0.1, 0.15) is 15.9 Å². The highest BCUT2D eigenvalue weighted by molar-refractivity contribution is 7.86. The van der Waals surface area contributed by atoms with Crippen LogP contribution in [-0.2, 0) is 37.6 Å². The van der Waals surface area contributed by atoms with E-state index in [-0.39, 0.29) is 46.6 Å². The number of urea groups is 1. The third-order valence-electron chi connectivity index (χ3n) is 4.00. The summed E-state index contributed by atoms with van der Waals surface area (Å²) in [4.78, 5) is 11.1. The fraction of sp³-hybridized carbons (Fsp3) is 0.188. The van der Waals surface area contributed by atoms with Crippen LogP contribution in [-0.4, -0.2) is 32.5 Å². The summed E-state index contributed by atoms with van der Waals surface area (Å²) in [6, 6.07) is 4.21. The zero-order valence-electron chi connectivity index (χ0n) is 16.5. The molecule has 0 spiro atoms. The van der Waals surface area contributed by atoms with Gasteiger partial charge in [0.05, 0.1) is 9.79 Å². The summed E-state index contributed by atoms with van der Waals surface area (Å²) in [7, 11) is -8.89. The van der Waals surface area contributed by atoms with Gasteiger partial charge in [0.25, 0.3) is 0 Å². The van der Waals surface area contributed by atoms with Crippen molar-refractivity contribution in [1.29, 1.82) is 0 Å². The van der Waals surface area contributed by atoms with Crippen LogP contribution in [0.4, 0.5) is 4.79 Å². The van der Waals surface area contributed by atoms with Crippen molar-refractivity contribution in [2.24, 2.45) is 0 Å². The van der Waals surface area contributed by atoms with E-state index in [1.54, 1.807) is 0 Å². The first-order valence-electron chi connectivity index (χ1n) is 8.14. The van der Waals surface area contributed by atoms with Gasteiger partial charge in [-0.05, 0) is 42.3 Å². The number of carbonyl (C=O) groups is 1. The number of quaternary nitrogens is 2. The van der Waals surface area contributed by atoms with E-state index >= 15 is 0 Å². The average Bonchev–Trinajstić information content (AvgIpc) is 2.67. The first kappa shape index (κ1) is 26.1. The van der Waals surface area contributed by atoms with Gasteiger partial charge in [-0.25, -0.2) is 13.2 Å². The smallest absolute Gasteiger partial charge is 0.342 e. The Morgan fingerprint density at radius 1 is 1.06 bits per heavy atom.